The molecule has 2 aliphatic rings. The summed E-state index contributed by atoms with van der Waals surface area (Å²) in [6.45, 7) is 8.74. The van der Waals surface area contributed by atoms with Gasteiger partial charge in [-0.2, -0.15) is 0 Å². The molecule has 2 rings (SSSR count). The molecule has 0 saturated carbocycles. The number of allylic oxidation sites excluding steroid dienone is 3. The van der Waals surface area contributed by atoms with E-state index >= 15 is 0 Å². The molecule has 0 amide bonds. The maximum atomic E-state index is 11.3. The quantitative estimate of drug-likeness (QED) is 0.358. The first kappa shape index (κ1) is 17.9. The van der Waals surface area contributed by atoms with Gasteiger partial charge in [0.2, 0.25) is 0 Å². The average molecular weight is 322 g/mol. The lowest BCUT2D eigenvalue weighted by molar-refractivity contribution is -0.0350. The first-order chi connectivity index (χ1) is 11.1. The van der Waals surface area contributed by atoms with Crippen molar-refractivity contribution in [2.75, 3.05) is 6.61 Å². The Labute approximate surface area is 139 Å². The lowest BCUT2D eigenvalue weighted by Crippen LogP contribution is -2.32. The highest BCUT2D eigenvalue weighted by Gasteiger charge is 2.30. The van der Waals surface area contributed by atoms with Crippen LogP contribution >= 0.6 is 0 Å². The average Bonchev–Trinajstić information content (AvgIpc) is 2.49. The highest BCUT2D eigenvalue weighted by atomic mass is 16.7. The van der Waals surface area contributed by atoms with Crippen molar-refractivity contribution in [3.63, 3.8) is 0 Å². The lowest BCUT2D eigenvalue weighted by Gasteiger charge is -2.34. The summed E-state index contributed by atoms with van der Waals surface area (Å²) in [6, 6.07) is 0. The van der Waals surface area contributed by atoms with E-state index in [1.807, 2.05) is 0 Å². The Bertz CT molecular complexity index is 429. The lowest BCUT2D eigenvalue weighted by atomic mass is 9.76. The molecule has 0 radical (unpaired) electrons. The summed E-state index contributed by atoms with van der Waals surface area (Å²) < 4.78 is 16.1. The zero-order valence-electron chi connectivity index (χ0n) is 14.5. The molecule has 0 N–H and O–H groups in total. The van der Waals surface area contributed by atoms with Crippen LogP contribution in [0.4, 0.5) is 4.79 Å². The van der Waals surface area contributed by atoms with Crippen molar-refractivity contribution in [1.29, 1.82) is 0 Å². The van der Waals surface area contributed by atoms with Crippen molar-refractivity contribution in [3.8, 4) is 0 Å². The van der Waals surface area contributed by atoms with Crippen LogP contribution in [0.1, 0.15) is 58.8 Å². The third-order valence-corrected chi connectivity index (χ3v) is 4.73. The molecule has 0 aromatic heterocycles. The van der Waals surface area contributed by atoms with Gasteiger partial charge in [0.05, 0.1) is 18.5 Å². The molecule has 1 heterocycles. The Kier molecular flexibility index (Phi) is 7.00. The van der Waals surface area contributed by atoms with E-state index in [1.165, 1.54) is 0 Å². The zero-order valence-corrected chi connectivity index (χ0v) is 14.5. The first-order valence-corrected chi connectivity index (χ1v) is 8.91. The fourth-order valence-electron chi connectivity index (χ4n) is 3.61. The Hall–Kier alpha value is -1.45. The van der Waals surface area contributed by atoms with Crippen molar-refractivity contribution in [1.82, 2.24) is 0 Å². The third kappa shape index (κ3) is 5.92. The van der Waals surface area contributed by atoms with Crippen LogP contribution < -0.4 is 0 Å². The minimum atomic E-state index is -0.517. The van der Waals surface area contributed by atoms with Crippen molar-refractivity contribution < 1.29 is 19.0 Å². The van der Waals surface area contributed by atoms with Gasteiger partial charge >= 0.3 is 6.16 Å². The van der Waals surface area contributed by atoms with Crippen LogP contribution in [0.3, 0.4) is 0 Å². The normalized spacial score (nSPS) is 28.6. The monoisotopic (exact) mass is 322 g/mol. The number of hydrogen-bond acceptors (Lipinski definition) is 4. The third-order valence-electron chi connectivity index (χ3n) is 4.73. The van der Waals surface area contributed by atoms with E-state index < -0.39 is 6.16 Å². The van der Waals surface area contributed by atoms with Crippen LogP contribution in [0.15, 0.2) is 24.5 Å². The van der Waals surface area contributed by atoms with Gasteiger partial charge < -0.3 is 14.2 Å². The molecule has 0 bridgehead atoms. The van der Waals surface area contributed by atoms with Crippen LogP contribution in [-0.2, 0) is 14.2 Å². The first-order valence-electron chi connectivity index (χ1n) is 8.91. The van der Waals surface area contributed by atoms with E-state index in [-0.39, 0.29) is 12.2 Å². The maximum absolute atomic E-state index is 11.3. The van der Waals surface area contributed by atoms with Crippen molar-refractivity contribution in [2.45, 2.75) is 71.0 Å². The van der Waals surface area contributed by atoms with E-state index in [4.69, 9.17) is 14.2 Å². The van der Waals surface area contributed by atoms with Gasteiger partial charge in [-0.1, -0.05) is 25.7 Å². The molecule has 1 saturated heterocycles. The summed E-state index contributed by atoms with van der Waals surface area (Å²) in [5.74, 6) is 2.01. The standard InChI is InChI=1S/C19H30O4/c1-4-7-14(2)22-15(3)12-16-8-5-6-9-17(16)13-18-10-11-21-19(20)23-18/h5-6,15-18H,2,4,7-13H2,1,3H3. The molecule has 0 spiro atoms. The topological polar surface area (TPSA) is 44.8 Å². The second-order valence-electron chi connectivity index (χ2n) is 6.78. The van der Waals surface area contributed by atoms with Gasteiger partial charge in [0.15, 0.2) is 0 Å². The van der Waals surface area contributed by atoms with Crippen LogP contribution in [0.25, 0.3) is 0 Å². The van der Waals surface area contributed by atoms with Gasteiger partial charge in [0.25, 0.3) is 0 Å². The summed E-state index contributed by atoms with van der Waals surface area (Å²) in [7, 11) is 0. The fourth-order valence-corrected chi connectivity index (χ4v) is 3.61. The molecule has 0 aromatic carbocycles. The molecule has 4 atom stereocenters. The van der Waals surface area contributed by atoms with Gasteiger partial charge in [-0.05, 0) is 50.9 Å². The number of cyclic esters (lactones) is 2. The summed E-state index contributed by atoms with van der Waals surface area (Å²) in [5, 5.41) is 0. The van der Waals surface area contributed by atoms with Gasteiger partial charge in [-0.25, -0.2) is 4.79 Å². The molecule has 1 fully saturated rings. The maximum Gasteiger partial charge on any atom is 0.508 e. The Morgan fingerprint density at radius 1 is 1.39 bits per heavy atom. The molecular weight excluding hydrogens is 292 g/mol. The van der Waals surface area contributed by atoms with Crippen LogP contribution in [0, 0.1) is 11.8 Å². The molecule has 0 aromatic rings. The summed E-state index contributed by atoms with van der Waals surface area (Å²) in [5.41, 5.74) is 0. The number of ether oxygens (including phenoxy) is 3. The Morgan fingerprint density at radius 3 is 2.83 bits per heavy atom. The number of carbonyl (C=O) groups excluding carboxylic acids is 1. The van der Waals surface area contributed by atoms with Gasteiger partial charge in [0.1, 0.15) is 6.10 Å². The predicted molar refractivity (Wildman–Crippen MR) is 90.0 cm³/mol. The summed E-state index contributed by atoms with van der Waals surface area (Å²) in [4.78, 5) is 11.3. The Balaban J connectivity index is 1.84. The van der Waals surface area contributed by atoms with Gasteiger partial charge in [0, 0.05) is 12.8 Å². The fraction of sp³-hybridized carbons (Fsp3) is 0.737. The van der Waals surface area contributed by atoms with Crippen molar-refractivity contribution >= 4 is 6.16 Å². The number of rotatable bonds is 8. The van der Waals surface area contributed by atoms with E-state index in [9.17, 15) is 4.79 Å². The van der Waals surface area contributed by atoms with E-state index in [0.29, 0.717) is 18.4 Å². The Morgan fingerprint density at radius 2 is 2.13 bits per heavy atom. The second kappa shape index (κ2) is 8.99. The van der Waals surface area contributed by atoms with Crippen LogP contribution in [0.2, 0.25) is 0 Å². The number of hydrogen-bond donors (Lipinski definition) is 0. The molecule has 1 aliphatic carbocycles. The highest BCUT2D eigenvalue weighted by Crippen LogP contribution is 2.35. The van der Waals surface area contributed by atoms with E-state index in [1.54, 1.807) is 0 Å². The predicted octanol–water partition coefficient (Wildman–Crippen LogP) is 4.99. The minimum Gasteiger partial charge on any atom is -0.496 e. The van der Waals surface area contributed by atoms with Crippen LogP contribution in [-0.4, -0.2) is 25.0 Å². The second-order valence-corrected chi connectivity index (χ2v) is 6.78. The summed E-state index contributed by atoms with van der Waals surface area (Å²) >= 11 is 0. The SMILES string of the molecule is C=C(CCC)OC(C)CC1CC=CCC1CC1CCOC(=O)O1. The smallest absolute Gasteiger partial charge is 0.496 e. The van der Waals surface area contributed by atoms with E-state index in [0.717, 1.165) is 50.7 Å². The molecule has 4 unspecified atom stereocenters. The van der Waals surface area contributed by atoms with Gasteiger partial charge in [-0.15, -0.1) is 0 Å². The molecular formula is C19H30O4. The molecule has 1 aliphatic heterocycles. The molecule has 23 heavy (non-hydrogen) atoms. The number of carbonyl (C=O) groups is 1. The summed E-state index contributed by atoms with van der Waals surface area (Å²) in [6.07, 6.45) is 11.1. The van der Waals surface area contributed by atoms with Crippen LogP contribution in [0.5, 0.6) is 0 Å². The minimum absolute atomic E-state index is 0.00142. The molecule has 4 nitrogen and oxygen atoms in total. The zero-order chi connectivity index (χ0) is 16.7. The van der Waals surface area contributed by atoms with Gasteiger partial charge in [-0.3, -0.25) is 0 Å². The molecule has 4 heteroatoms. The largest absolute Gasteiger partial charge is 0.508 e. The highest BCUT2D eigenvalue weighted by molar-refractivity contribution is 5.60. The van der Waals surface area contributed by atoms with E-state index in [2.05, 4.69) is 32.6 Å². The molecule has 130 valence electrons. The van der Waals surface area contributed by atoms with Crippen molar-refractivity contribution in [3.05, 3.63) is 24.5 Å². The van der Waals surface area contributed by atoms with Crippen molar-refractivity contribution in [2.24, 2.45) is 11.8 Å².